The van der Waals surface area contributed by atoms with E-state index in [-0.39, 0.29) is 113 Å². The maximum atomic E-state index is 12.0. The molecule has 6 heterocycles. The molecule has 6 aromatic carbocycles. The number of carboxylic acids is 2. The van der Waals surface area contributed by atoms with Gasteiger partial charge in [0.25, 0.3) is 0 Å². The monoisotopic (exact) mass is 1750 g/mol. The van der Waals surface area contributed by atoms with Crippen LogP contribution in [0.5, 0.6) is 0 Å². The van der Waals surface area contributed by atoms with Crippen LogP contribution in [0.25, 0.3) is 0 Å². The van der Waals surface area contributed by atoms with Crippen LogP contribution in [0.4, 0.5) is 28.8 Å². The second kappa shape index (κ2) is 66.1. The Morgan fingerprint density at radius 3 is 0.653 bits per heavy atom. The van der Waals surface area contributed by atoms with Crippen LogP contribution in [0.3, 0.4) is 0 Å². The number of carbonyl (C=O) groups is 10. The summed E-state index contributed by atoms with van der Waals surface area (Å²) in [6.45, 7) is 15.4. The highest BCUT2D eigenvalue weighted by Crippen LogP contribution is 2.25. The number of carbonyl (C=O) groups excluding carboxylic acids is 8. The molecule has 28 nitrogen and oxygen atoms in total. The van der Waals surface area contributed by atoms with Crippen LogP contribution >= 0.6 is 25.3 Å². The molecule has 124 heavy (non-hydrogen) atoms. The third-order valence-electron chi connectivity index (χ3n) is 20.0. The lowest BCUT2D eigenvalue weighted by atomic mass is 9.99. The molecule has 6 amide bonds. The largest absolute Gasteiger partial charge is 0.481 e. The van der Waals surface area contributed by atoms with Crippen LogP contribution in [-0.4, -0.2) is 243 Å². The number of esters is 2. The Labute approximate surface area is 745 Å². The topological polar surface area (TPSA) is 345 Å². The van der Waals surface area contributed by atoms with Crippen molar-refractivity contribution in [2.45, 2.75) is 144 Å². The minimum Gasteiger partial charge on any atom is -0.481 e. The van der Waals surface area contributed by atoms with Crippen molar-refractivity contribution in [3.05, 3.63) is 215 Å². The van der Waals surface area contributed by atoms with Gasteiger partial charge < -0.3 is 87.7 Å². The molecule has 0 unspecified atom stereocenters. The van der Waals surface area contributed by atoms with Crippen LogP contribution < -0.4 is 0 Å². The van der Waals surface area contributed by atoms with Gasteiger partial charge >= 0.3 is 60.4 Å². The van der Waals surface area contributed by atoms with E-state index in [1.54, 1.807) is 46.0 Å². The highest BCUT2D eigenvalue weighted by Gasteiger charge is 2.34. The van der Waals surface area contributed by atoms with E-state index in [1.165, 1.54) is 23.4 Å². The van der Waals surface area contributed by atoms with Gasteiger partial charge in [-0.15, -0.1) is 0 Å². The Balaban J connectivity index is 0.000000378. The zero-order valence-corrected chi connectivity index (χ0v) is 74.5. The van der Waals surface area contributed by atoms with Crippen molar-refractivity contribution < 1.29 is 106 Å². The Morgan fingerprint density at radius 2 is 0.468 bits per heavy atom. The standard InChI is InChI=1S/2C16H21NO4.2C14H17NO4.2C14H19NO3.2CH3B.2CH4S/c2*1-2-20-15(18)14-9-6-10-17(11-14)16(19)21-12-13-7-4-3-5-8-13;2*16-13(17)12-7-4-8-15(9-12)14(18)19-10-11-5-2-1-3-6-11;2*16-10-13-7-4-8-15(9-13)14(17)18-11-12-5-2-1-3-6-12;4*1-2/h2*3-5,7-8,14H,2,6,9-12H2,1H3;2*1-3,5-6,12H,4,7-10H2,(H,16,17);2*1-3,5-6,13,16H,4,7-11H2;2*1H3;2*2H,1H3/t2*14-;2*12-;2*13-;;;;/m101010..../s1. The molecule has 6 atom stereocenters. The van der Waals surface area contributed by atoms with E-state index in [1.807, 2.05) is 182 Å². The van der Waals surface area contributed by atoms with Crippen LogP contribution in [0.2, 0.25) is 13.6 Å². The maximum Gasteiger partial charge on any atom is 0.410 e. The zero-order valence-electron chi connectivity index (χ0n) is 72.7. The van der Waals surface area contributed by atoms with Gasteiger partial charge in [-0.05, 0) is 149 Å². The van der Waals surface area contributed by atoms with E-state index in [0.29, 0.717) is 104 Å². The Hall–Kier alpha value is -10.4. The fraction of sp³-hybridized carbons (Fsp3) is 0.500. The molecule has 0 spiro atoms. The van der Waals surface area contributed by atoms with E-state index in [2.05, 4.69) is 41.0 Å². The number of benzene rings is 6. The Kier molecular flexibility index (Phi) is 57.5. The molecule has 6 saturated heterocycles. The first-order valence-electron chi connectivity index (χ1n) is 42.1. The van der Waals surface area contributed by atoms with Gasteiger partial charge in [-0.25, -0.2) is 28.8 Å². The molecular formula is C92H128B2N6O22S2. The van der Waals surface area contributed by atoms with Crippen molar-refractivity contribution in [2.75, 3.05) is 117 Å². The van der Waals surface area contributed by atoms with Crippen molar-refractivity contribution in [2.24, 2.45) is 35.5 Å². The molecule has 0 aliphatic carbocycles. The molecule has 0 bridgehead atoms. The van der Waals surface area contributed by atoms with Crippen molar-refractivity contribution in [1.82, 2.24) is 29.4 Å². The Bertz CT molecular complexity index is 3670. The van der Waals surface area contributed by atoms with Gasteiger partial charge in [-0.3, -0.25) is 19.2 Å². The molecular weight excluding hydrogens is 1630 g/mol. The molecule has 6 aliphatic heterocycles. The van der Waals surface area contributed by atoms with Crippen molar-refractivity contribution >= 4 is 101 Å². The number of hydrogen-bond donors (Lipinski definition) is 6. The summed E-state index contributed by atoms with van der Waals surface area (Å²) in [5.74, 6) is -3.16. The fourth-order valence-corrected chi connectivity index (χ4v) is 13.5. The quantitative estimate of drug-likeness (QED) is 0.0179. The molecule has 0 aromatic heterocycles. The summed E-state index contributed by atoms with van der Waals surface area (Å²) in [6, 6.07) is 57.2. The second-order valence-electron chi connectivity index (χ2n) is 28.8. The minimum absolute atomic E-state index is 0.141. The lowest BCUT2D eigenvalue weighted by molar-refractivity contribution is -0.150. The lowest BCUT2D eigenvalue weighted by Gasteiger charge is -2.31. The van der Waals surface area contributed by atoms with Crippen LogP contribution in [0.15, 0.2) is 182 Å². The van der Waals surface area contributed by atoms with E-state index in [4.69, 9.17) is 58.3 Å². The zero-order chi connectivity index (χ0) is 91.1. The summed E-state index contributed by atoms with van der Waals surface area (Å²) in [5, 5.41) is 36.2. The Morgan fingerprint density at radius 1 is 0.290 bits per heavy atom. The number of hydrogen-bond acceptors (Lipinski definition) is 22. The molecule has 4 N–H and O–H groups in total. The van der Waals surface area contributed by atoms with Gasteiger partial charge in [0.1, 0.15) is 39.6 Å². The molecule has 676 valence electrons. The molecule has 32 heteroatoms. The van der Waals surface area contributed by atoms with Gasteiger partial charge in [-0.2, -0.15) is 25.3 Å². The highest BCUT2D eigenvalue weighted by atomic mass is 32.1. The number of nitrogens with zero attached hydrogens (tertiary/aromatic N) is 6. The SMILES string of the molecule is CCOC(=O)[C@@H]1CCCN(C(=O)OCc2ccccc2)C1.CCOC(=O)[C@H]1CCCN(C(=O)OCc2ccccc2)C1.CS.CS.O=C(O)[C@@H]1CCCN(C(=O)OCc2ccccc2)C1.O=C(O)[C@H]1CCCN(C(=O)OCc2ccccc2)C1.O=C(OCc1ccccc1)N1CCC[C@@H](CO)C1.O=C(OCc1ccccc1)N1CCC[C@H](CO)C1.[B]C.[B]C. The predicted molar refractivity (Wildman–Crippen MR) is 481 cm³/mol. The fourth-order valence-electron chi connectivity index (χ4n) is 13.5. The van der Waals surface area contributed by atoms with Crippen molar-refractivity contribution in [3.63, 3.8) is 0 Å². The first kappa shape index (κ1) is 108. The molecule has 4 radical (unpaired) electrons. The number of amides is 6. The molecule has 6 fully saturated rings. The average Bonchev–Trinajstić information content (AvgIpc) is 0.863. The van der Waals surface area contributed by atoms with Crippen LogP contribution in [-0.2, 0) is 96.7 Å². The number of rotatable bonds is 20. The smallest absolute Gasteiger partial charge is 0.410 e. The van der Waals surface area contributed by atoms with Gasteiger partial charge in [0.2, 0.25) is 0 Å². The lowest BCUT2D eigenvalue weighted by Crippen LogP contribution is -2.43. The normalized spacial score (nSPS) is 17.8. The van der Waals surface area contributed by atoms with Crippen molar-refractivity contribution in [1.29, 1.82) is 0 Å². The summed E-state index contributed by atoms with van der Waals surface area (Å²) in [4.78, 5) is 126. The third-order valence-corrected chi connectivity index (χ3v) is 20.0. The highest BCUT2D eigenvalue weighted by molar-refractivity contribution is 7.79. The average molecular weight is 1760 g/mol. The van der Waals surface area contributed by atoms with Crippen LogP contribution in [0.1, 0.15) is 124 Å². The number of carboxylic acid groups (broad SMARTS) is 2. The van der Waals surface area contributed by atoms with E-state index < -0.39 is 36.0 Å². The number of aliphatic hydroxyl groups excluding tert-OH is 2. The molecule has 6 aliphatic rings. The number of piperidine rings is 6. The predicted octanol–water partition coefficient (Wildman–Crippen LogP) is 15.0. The summed E-state index contributed by atoms with van der Waals surface area (Å²) in [5.41, 5.74) is 5.71. The third kappa shape index (κ3) is 43.3. The van der Waals surface area contributed by atoms with Gasteiger partial charge in [-0.1, -0.05) is 196 Å². The van der Waals surface area contributed by atoms with Crippen LogP contribution in [0, 0.1) is 35.5 Å². The molecule has 12 rings (SSSR count). The number of likely N-dealkylation sites (tertiary alicyclic amines) is 6. The maximum absolute atomic E-state index is 12.0. The minimum atomic E-state index is -0.847. The summed E-state index contributed by atoms with van der Waals surface area (Å²) < 4.78 is 41.5. The second-order valence-corrected chi connectivity index (χ2v) is 28.8. The van der Waals surface area contributed by atoms with Gasteiger partial charge in [0.15, 0.2) is 0 Å². The molecule has 0 saturated carbocycles. The summed E-state index contributed by atoms with van der Waals surface area (Å²) in [7, 11) is 9.00. The van der Waals surface area contributed by atoms with E-state index in [0.717, 1.165) is 97.8 Å². The first-order valence-corrected chi connectivity index (χ1v) is 43.9. The van der Waals surface area contributed by atoms with Crippen molar-refractivity contribution in [3.8, 4) is 0 Å². The van der Waals surface area contributed by atoms with Gasteiger partial charge in [0.05, 0.1) is 52.6 Å². The number of ether oxygens (including phenoxy) is 8. The van der Waals surface area contributed by atoms with E-state index in [9.17, 15) is 47.9 Å². The number of aliphatic carboxylic acids is 2. The molecule has 6 aromatic rings. The number of thiol groups is 2. The first-order chi connectivity index (χ1) is 60.3. The summed E-state index contributed by atoms with van der Waals surface area (Å²) in [6.07, 6.45) is 10.8. The van der Waals surface area contributed by atoms with Gasteiger partial charge in [0, 0.05) is 91.8 Å². The summed E-state index contributed by atoms with van der Waals surface area (Å²) >= 11 is 7.06. The number of aliphatic hydroxyl groups is 2. The van der Waals surface area contributed by atoms with E-state index >= 15 is 0 Å².